The predicted molar refractivity (Wildman–Crippen MR) is 96.9 cm³/mol. The molecule has 0 heterocycles. The minimum atomic E-state index is 0. The van der Waals surface area contributed by atoms with Gasteiger partial charge in [-0.05, 0) is 44.0 Å². The molecule has 0 bridgehead atoms. The first-order chi connectivity index (χ1) is 10.2. The fourth-order valence-electron chi connectivity index (χ4n) is 1.88. The molecule has 0 atom stereocenters. The molecule has 0 saturated carbocycles. The lowest BCUT2D eigenvalue weighted by Crippen LogP contribution is -2.16. The van der Waals surface area contributed by atoms with Crippen LogP contribution in [0.15, 0.2) is 12.1 Å². The Morgan fingerprint density at radius 1 is 1.05 bits per heavy atom. The molecule has 0 aromatic heterocycles. The summed E-state index contributed by atoms with van der Waals surface area (Å²) < 4.78 is 10.9. The third-order valence-corrected chi connectivity index (χ3v) is 3.52. The smallest absolute Gasteiger partial charge is 0.156 e. The van der Waals surface area contributed by atoms with Gasteiger partial charge >= 0.3 is 0 Å². The average Bonchev–Trinajstić information content (AvgIpc) is 2.46. The quantitative estimate of drug-likeness (QED) is 0.549. The summed E-state index contributed by atoms with van der Waals surface area (Å²) in [4.78, 5) is 0. The fraction of sp³-hybridized carbons (Fsp3) is 0.625. The van der Waals surface area contributed by atoms with Gasteiger partial charge in [0.05, 0.1) is 16.7 Å². The largest absolute Gasteiger partial charge is 0.491 e. The van der Waals surface area contributed by atoms with Crippen molar-refractivity contribution in [3.05, 3.63) is 27.7 Å². The molecular formula is C16H26Cl3NO2. The third-order valence-electron chi connectivity index (χ3n) is 2.96. The maximum atomic E-state index is 6.17. The summed E-state index contributed by atoms with van der Waals surface area (Å²) in [6.07, 6.45) is 3.32. The summed E-state index contributed by atoms with van der Waals surface area (Å²) in [7, 11) is 0. The van der Waals surface area contributed by atoms with Crippen molar-refractivity contribution in [3.63, 3.8) is 0 Å². The zero-order valence-electron chi connectivity index (χ0n) is 13.3. The molecule has 0 aliphatic rings. The first-order valence-electron chi connectivity index (χ1n) is 7.58. The van der Waals surface area contributed by atoms with Crippen LogP contribution in [-0.2, 0) is 11.3 Å². The molecule has 0 unspecified atom stereocenters. The van der Waals surface area contributed by atoms with E-state index in [9.17, 15) is 0 Å². The van der Waals surface area contributed by atoms with Gasteiger partial charge in [-0.1, -0.05) is 36.5 Å². The molecule has 1 aromatic carbocycles. The molecule has 0 saturated heterocycles. The topological polar surface area (TPSA) is 30.5 Å². The van der Waals surface area contributed by atoms with Crippen molar-refractivity contribution in [2.45, 2.75) is 39.7 Å². The van der Waals surface area contributed by atoms with Gasteiger partial charge in [0.25, 0.3) is 0 Å². The Morgan fingerprint density at radius 2 is 1.68 bits per heavy atom. The summed E-state index contributed by atoms with van der Waals surface area (Å²) in [6.45, 7) is 7.94. The summed E-state index contributed by atoms with van der Waals surface area (Å²) in [5.41, 5.74) is 1.06. The second kappa shape index (κ2) is 13.3. The van der Waals surface area contributed by atoms with Crippen molar-refractivity contribution in [1.29, 1.82) is 0 Å². The first-order valence-corrected chi connectivity index (χ1v) is 8.33. The number of hydrogen-bond donors (Lipinski definition) is 1. The third kappa shape index (κ3) is 8.44. The van der Waals surface area contributed by atoms with Gasteiger partial charge in [-0.2, -0.15) is 0 Å². The van der Waals surface area contributed by atoms with Crippen molar-refractivity contribution in [2.24, 2.45) is 0 Å². The molecule has 1 rings (SSSR count). The molecule has 0 spiro atoms. The predicted octanol–water partition coefficient (Wildman–Crippen LogP) is 5.11. The molecule has 128 valence electrons. The molecule has 1 N–H and O–H groups in total. The Hall–Kier alpha value is -0.190. The number of nitrogens with one attached hydrogen (secondary N) is 1. The highest BCUT2D eigenvalue weighted by molar-refractivity contribution is 6.37. The SMILES string of the molecule is CCCCOCCCNCc1cc(Cl)c(OCC)c(Cl)c1.Cl. The van der Waals surface area contributed by atoms with E-state index in [4.69, 9.17) is 32.7 Å². The lowest BCUT2D eigenvalue weighted by molar-refractivity contribution is 0.129. The number of hydrogen-bond acceptors (Lipinski definition) is 3. The zero-order chi connectivity index (χ0) is 15.5. The Bertz CT molecular complexity index is 393. The van der Waals surface area contributed by atoms with Crippen LogP contribution < -0.4 is 10.1 Å². The molecule has 6 heteroatoms. The van der Waals surface area contributed by atoms with E-state index in [0.29, 0.717) is 22.4 Å². The van der Waals surface area contributed by atoms with Crippen LogP contribution in [0.25, 0.3) is 0 Å². The number of ether oxygens (including phenoxy) is 2. The lowest BCUT2D eigenvalue weighted by atomic mass is 10.2. The van der Waals surface area contributed by atoms with Crippen molar-refractivity contribution in [2.75, 3.05) is 26.4 Å². The molecule has 0 amide bonds. The van der Waals surface area contributed by atoms with E-state index < -0.39 is 0 Å². The van der Waals surface area contributed by atoms with Crippen molar-refractivity contribution in [3.8, 4) is 5.75 Å². The second-order valence-corrected chi connectivity index (χ2v) is 5.63. The molecule has 22 heavy (non-hydrogen) atoms. The Morgan fingerprint density at radius 3 is 2.27 bits per heavy atom. The van der Waals surface area contributed by atoms with Gasteiger partial charge in [-0.3, -0.25) is 0 Å². The van der Waals surface area contributed by atoms with Crippen molar-refractivity contribution >= 4 is 35.6 Å². The molecule has 1 aromatic rings. The van der Waals surface area contributed by atoms with Gasteiger partial charge < -0.3 is 14.8 Å². The zero-order valence-corrected chi connectivity index (χ0v) is 15.6. The Kier molecular flexibility index (Phi) is 13.2. The average molecular weight is 371 g/mol. The number of benzene rings is 1. The fourth-order valence-corrected chi connectivity index (χ4v) is 2.52. The Balaban J connectivity index is 0.00000441. The van der Waals surface area contributed by atoms with E-state index in [1.165, 1.54) is 6.42 Å². The van der Waals surface area contributed by atoms with Crippen LogP contribution in [0, 0.1) is 0 Å². The maximum Gasteiger partial charge on any atom is 0.156 e. The van der Waals surface area contributed by atoms with Gasteiger partial charge in [0, 0.05) is 19.8 Å². The van der Waals surface area contributed by atoms with Gasteiger partial charge in [0.15, 0.2) is 5.75 Å². The normalized spacial score (nSPS) is 10.4. The summed E-state index contributed by atoms with van der Waals surface area (Å²) >= 11 is 12.3. The van der Waals surface area contributed by atoms with Crippen LogP contribution in [0.1, 0.15) is 38.7 Å². The first kappa shape index (κ1) is 21.8. The highest BCUT2D eigenvalue weighted by Crippen LogP contribution is 2.34. The second-order valence-electron chi connectivity index (χ2n) is 4.82. The van der Waals surface area contributed by atoms with Gasteiger partial charge in [-0.15, -0.1) is 12.4 Å². The Labute approximate surface area is 150 Å². The molecule has 0 aliphatic heterocycles. The van der Waals surface area contributed by atoms with E-state index >= 15 is 0 Å². The van der Waals surface area contributed by atoms with E-state index in [1.807, 2.05) is 19.1 Å². The lowest BCUT2D eigenvalue weighted by Gasteiger charge is -2.11. The number of rotatable bonds is 11. The van der Waals surface area contributed by atoms with E-state index in [1.54, 1.807) is 0 Å². The number of unbranched alkanes of at least 4 members (excludes halogenated alkanes) is 1. The minimum absolute atomic E-state index is 0. The minimum Gasteiger partial charge on any atom is -0.491 e. The van der Waals surface area contributed by atoms with E-state index in [-0.39, 0.29) is 12.4 Å². The van der Waals surface area contributed by atoms with Gasteiger partial charge in [-0.25, -0.2) is 0 Å². The van der Waals surface area contributed by atoms with E-state index in [0.717, 1.165) is 44.7 Å². The van der Waals surface area contributed by atoms with Gasteiger partial charge in [0.2, 0.25) is 0 Å². The molecule has 0 aliphatic carbocycles. The van der Waals surface area contributed by atoms with Crippen LogP contribution in [0.2, 0.25) is 10.0 Å². The summed E-state index contributed by atoms with van der Waals surface area (Å²) in [6, 6.07) is 3.78. The number of halogens is 3. The maximum absolute atomic E-state index is 6.17. The molecule has 0 fully saturated rings. The molecule has 3 nitrogen and oxygen atoms in total. The van der Waals surface area contributed by atoms with Gasteiger partial charge in [0.1, 0.15) is 0 Å². The van der Waals surface area contributed by atoms with Crippen LogP contribution in [0.5, 0.6) is 5.75 Å². The van der Waals surface area contributed by atoms with E-state index in [2.05, 4.69) is 12.2 Å². The van der Waals surface area contributed by atoms with Crippen LogP contribution in [0.3, 0.4) is 0 Å². The standard InChI is InChI=1S/C16H25Cl2NO2.ClH/c1-3-5-8-20-9-6-7-19-12-13-10-14(17)16(21-4-2)15(18)11-13;/h10-11,19H,3-9,12H2,1-2H3;1H. The monoisotopic (exact) mass is 369 g/mol. The van der Waals surface area contributed by atoms with Crippen LogP contribution >= 0.6 is 35.6 Å². The van der Waals surface area contributed by atoms with Crippen molar-refractivity contribution in [1.82, 2.24) is 5.32 Å². The summed E-state index contributed by atoms with van der Waals surface area (Å²) in [5, 5.41) is 4.48. The summed E-state index contributed by atoms with van der Waals surface area (Å²) in [5.74, 6) is 0.564. The molecule has 0 radical (unpaired) electrons. The van der Waals surface area contributed by atoms with Crippen molar-refractivity contribution < 1.29 is 9.47 Å². The highest BCUT2D eigenvalue weighted by atomic mass is 35.5. The molecular weight excluding hydrogens is 345 g/mol. The van der Waals surface area contributed by atoms with Crippen LogP contribution in [0.4, 0.5) is 0 Å². The van der Waals surface area contributed by atoms with Crippen LogP contribution in [-0.4, -0.2) is 26.4 Å². The highest BCUT2D eigenvalue weighted by Gasteiger charge is 2.08.